The first-order valence-corrected chi connectivity index (χ1v) is 10.9. The SMILES string of the molecule is CCC(C)(C)[C@H]1CCc2sc3ncnc(N/N=C(/C)c4ccccc4)c3c2C1. The molecular formula is C23H28N4S. The Labute approximate surface area is 171 Å². The number of benzene rings is 1. The minimum absolute atomic E-state index is 0.358. The van der Waals surface area contributed by atoms with Gasteiger partial charge in [-0.2, -0.15) is 5.10 Å². The highest BCUT2D eigenvalue weighted by molar-refractivity contribution is 7.19. The Bertz CT molecular complexity index is 1000. The average molecular weight is 393 g/mol. The van der Waals surface area contributed by atoms with Gasteiger partial charge in [-0.3, -0.25) is 5.43 Å². The van der Waals surface area contributed by atoms with Crippen LogP contribution in [0.5, 0.6) is 0 Å². The number of thiophene rings is 1. The molecule has 146 valence electrons. The van der Waals surface area contributed by atoms with Gasteiger partial charge >= 0.3 is 0 Å². The van der Waals surface area contributed by atoms with Crippen LogP contribution in [0, 0.1) is 11.3 Å². The van der Waals surface area contributed by atoms with Gasteiger partial charge in [-0.25, -0.2) is 9.97 Å². The molecule has 2 aromatic heterocycles. The van der Waals surface area contributed by atoms with Gasteiger partial charge in [0.25, 0.3) is 0 Å². The van der Waals surface area contributed by atoms with Crippen LogP contribution in [-0.4, -0.2) is 15.7 Å². The molecule has 1 aromatic carbocycles. The molecule has 1 N–H and O–H groups in total. The number of nitrogens with one attached hydrogen (secondary N) is 1. The Morgan fingerprint density at radius 2 is 2.04 bits per heavy atom. The lowest BCUT2D eigenvalue weighted by molar-refractivity contribution is 0.184. The van der Waals surface area contributed by atoms with Gasteiger partial charge in [0.2, 0.25) is 0 Å². The van der Waals surface area contributed by atoms with Gasteiger partial charge in [-0.15, -0.1) is 11.3 Å². The maximum absolute atomic E-state index is 4.61. The molecule has 0 saturated carbocycles. The van der Waals surface area contributed by atoms with Gasteiger partial charge < -0.3 is 0 Å². The molecule has 4 nitrogen and oxygen atoms in total. The average Bonchev–Trinajstić information content (AvgIpc) is 3.11. The van der Waals surface area contributed by atoms with Crippen LogP contribution < -0.4 is 5.43 Å². The van der Waals surface area contributed by atoms with Crippen LogP contribution in [0.3, 0.4) is 0 Å². The number of fused-ring (bicyclic) bond motifs is 3. The van der Waals surface area contributed by atoms with E-state index in [9.17, 15) is 0 Å². The fraction of sp³-hybridized carbons (Fsp3) is 0.435. The number of rotatable bonds is 5. The van der Waals surface area contributed by atoms with Crippen molar-refractivity contribution in [1.82, 2.24) is 9.97 Å². The molecule has 0 spiro atoms. The number of nitrogens with zero attached hydrogens (tertiary/aromatic N) is 3. The molecule has 3 aromatic rings. The lowest BCUT2D eigenvalue weighted by atomic mass is 9.69. The minimum atomic E-state index is 0.358. The van der Waals surface area contributed by atoms with Crippen LogP contribution in [-0.2, 0) is 12.8 Å². The molecule has 0 amide bonds. The van der Waals surface area contributed by atoms with Crippen LogP contribution in [0.1, 0.15) is 56.5 Å². The van der Waals surface area contributed by atoms with Crippen LogP contribution in [0.4, 0.5) is 5.82 Å². The molecule has 1 aliphatic carbocycles. The standard InChI is InChI=1S/C23H28N4S/c1-5-23(3,4)17-11-12-19-18(13-17)20-21(24-14-25-22(20)28-19)27-26-15(2)16-9-7-6-8-10-16/h6-10,14,17H,5,11-13H2,1-4H3,(H,24,25,27)/b26-15-/t17-/m0/s1. The van der Waals surface area contributed by atoms with Crippen LogP contribution >= 0.6 is 11.3 Å². The highest BCUT2D eigenvalue weighted by Crippen LogP contribution is 2.45. The van der Waals surface area contributed by atoms with Crippen molar-refractivity contribution in [1.29, 1.82) is 0 Å². The second kappa shape index (κ2) is 7.63. The molecule has 2 heterocycles. The molecule has 0 fully saturated rings. The normalized spacial score (nSPS) is 17.6. The van der Waals surface area contributed by atoms with E-state index in [0.717, 1.165) is 34.8 Å². The van der Waals surface area contributed by atoms with Crippen molar-refractivity contribution in [2.45, 2.75) is 53.4 Å². The topological polar surface area (TPSA) is 50.2 Å². The van der Waals surface area contributed by atoms with E-state index in [1.807, 2.05) is 36.5 Å². The molecule has 1 atom stereocenters. The zero-order valence-corrected chi connectivity index (χ0v) is 17.9. The third-order valence-electron chi connectivity index (χ3n) is 6.38. The van der Waals surface area contributed by atoms with Gasteiger partial charge in [-0.05, 0) is 48.6 Å². The maximum atomic E-state index is 4.61. The highest BCUT2D eigenvalue weighted by Gasteiger charge is 2.33. The van der Waals surface area contributed by atoms with E-state index < -0.39 is 0 Å². The van der Waals surface area contributed by atoms with Crippen molar-refractivity contribution < 1.29 is 0 Å². The Balaban J connectivity index is 1.68. The fourth-order valence-electron chi connectivity index (χ4n) is 4.03. The summed E-state index contributed by atoms with van der Waals surface area (Å²) < 4.78 is 0. The molecule has 5 heteroatoms. The molecule has 0 unspecified atom stereocenters. The van der Waals surface area contributed by atoms with E-state index >= 15 is 0 Å². The molecule has 0 saturated heterocycles. The third-order valence-corrected chi connectivity index (χ3v) is 7.58. The fourth-order valence-corrected chi connectivity index (χ4v) is 5.21. The molecular weight excluding hydrogens is 364 g/mol. The Morgan fingerprint density at radius 1 is 1.25 bits per heavy atom. The largest absolute Gasteiger partial charge is 0.260 e. The summed E-state index contributed by atoms with van der Waals surface area (Å²) in [6.45, 7) is 9.13. The van der Waals surface area contributed by atoms with Gasteiger partial charge in [0.1, 0.15) is 11.2 Å². The predicted molar refractivity (Wildman–Crippen MR) is 119 cm³/mol. The highest BCUT2D eigenvalue weighted by atomic mass is 32.1. The summed E-state index contributed by atoms with van der Waals surface area (Å²) in [4.78, 5) is 11.6. The summed E-state index contributed by atoms with van der Waals surface area (Å²) in [6.07, 6.45) is 6.38. The summed E-state index contributed by atoms with van der Waals surface area (Å²) in [5.74, 6) is 1.53. The first kappa shape index (κ1) is 19.1. The quantitative estimate of drug-likeness (QED) is 0.423. The van der Waals surface area contributed by atoms with Gasteiger partial charge in [0, 0.05) is 4.88 Å². The van der Waals surface area contributed by atoms with Crippen molar-refractivity contribution in [3.05, 3.63) is 52.7 Å². The second-order valence-corrected chi connectivity index (χ2v) is 9.45. The van der Waals surface area contributed by atoms with E-state index in [-0.39, 0.29) is 0 Å². The number of aryl methyl sites for hydroxylation is 1. The molecule has 28 heavy (non-hydrogen) atoms. The van der Waals surface area contributed by atoms with E-state index in [2.05, 4.69) is 53.4 Å². The number of anilines is 1. The summed E-state index contributed by atoms with van der Waals surface area (Å²) in [5.41, 5.74) is 7.08. The van der Waals surface area contributed by atoms with E-state index in [1.54, 1.807) is 6.33 Å². The van der Waals surface area contributed by atoms with Crippen LogP contribution in [0.15, 0.2) is 41.8 Å². The zero-order chi connectivity index (χ0) is 19.7. The monoisotopic (exact) mass is 392 g/mol. The summed E-state index contributed by atoms with van der Waals surface area (Å²) in [5, 5.41) is 5.78. The Kier molecular flexibility index (Phi) is 5.19. The lowest BCUT2D eigenvalue weighted by Crippen LogP contribution is -2.28. The molecule has 0 bridgehead atoms. The number of hydrazone groups is 1. The van der Waals surface area contributed by atoms with Crippen molar-refractivity contribution in [3.63, 3.8) is 0 Å². The summed E-state index contributed by atoms with van der Waals surface area (Å²) >= 11 is 1.83. The van der Waals surface area contributed by atoms with E-state index in [4.69, 9.17) is 0 Å². The smallest absolute Gasteiger partial charge is 0.158 e. The van der Waals surface area contributed by atoms with Crippen molar-refractivity contribution in [2.24, 2.45) is 16.4 Å². The van der Waals surface area contributed by atoms with Crippen molar-refractivity contribution in [2.75, 3.05) is 5.43 Å². The molecule has 0 aliphatic heterocycles. The molecule has 1 aliphatic rings. The minimum Gasteiger partial charge on any atom is -0.260 e. The third kappa shape index (κ3) is 3.55. The van der Waals surface area contributed by atoms with Crippen LogP contribution in [0.2, 0.25) is 0 Å². The zero-order valence-electron chi connectivity index (χ0n) is 17.1. The first-order valence-electron chi connectivity index (χ1n) is 10.1. The summed E-state index contributed by atoms with van der Waals surface area (Å²) in [6, 6.07) is 10.2. The van der Waals surface area contributed by atoms with E-state index in [0.29, 0.717) is 11.3 Å². The second-order valence-electron chi connectivity index (χ2n) is 8.36. The van der Waals surface area contributed by atoms with Crippen molar-refractivity contribution in [3.8, 4) is 0 Å². The van der Waals surface area contributed by atoms with Crippen LogP contribution in [0.25, 0.3) is 10.2 Å². The number of hydrogen-bond acceptors (Lipinski definition) is 5. The predicted octanol–water partition coefficient (Wildman–Crippen LogP) is 6.07. The van der Waals surface area contributed by atoms with Gasteiger partial charge in [0.05, 0.1) is 11.1 Å². The number of hydrogen-bond donors (Lipinski definition) is 1. The molecule has 0 radical (unpaired) electrons. The van der Waals surface area contributed by atoms with E-state index in [1.165, 1.54) is 28.7 Å². The van der Waals surface area contributed by atoms with Crippen molar-refractivity contribution >= 4 is 33.1 Å². The Morgan fingerprint density at radius 3 is 2.79 bits per heavy atom. The number of aromatic nitrogens is 2. The first-order chi connectivity index (χ1) is 13.5. The van der Waals surface area contributed by atoms with Gasteiger partial charge in [0.15, 0.2) is 5.82 Å². The Hall–Kier alpha value is -2.27. The lowest BCUT2D eigenvalue weighted by Gasteiger charge is -2.36. The van der Waals surface area contributed by atoms with Gasteiger partial charge in [-0.1, -0.05) is 57.5 Å². The summed E-state index contributed by atoms with van der Waals surface area (Å²) in [7, 11) is 0. The molecule has 4 rings (SSSR count). The maximum Gasteiger partial charge on any atom is 0.158 e.